The summed E-state index contributed by atoms with van der Waals surface area (Å²) in [7, 11) is 6.64. The maximum Gasteiger partial charge on any atom is 0.104 e. The lowest BCUT2D eigenvalue weighted by Gasteiger charge is -2.24. The molecule has 0 aromatic heterocycles. The average molecular weight is 344 g/mol. The van der Waals surface area contributed by atoms with Crippen molar-refractivity contribution in [2.24, 2.45) is 0 Å². The molecule has 5 heteroatoms. The zero-order valence-corrected chi connectivity index (χ0v) is 16.2. The van der Waals surface area contributed by atoms with Crippen molar-refractivity contribution >= 4 is 41.1 Å². The summed E-state index contributed by atoms with van der Waals surface area (Å²) in [6.45, 7) is 5.38. The molecule has 0 fully saturated rings. The smallest absolute Gasteiger partial charge is 0.104 e. The fourth-order valence-electron chi connectivity index (χ4n) is 1.97. The van der Waals surface area contributed by atoms with Crippen LogP contribution in [0.4, 0.5) is 0 Å². The Morgan fingerprint density at radius 2 is 1.48 bits per heavy atom. The van der Waals surface area contributed by atoms with Crippen molar-refractivity contribution in [3.63, 3.8) is 0 Å². The largest absolute Gasteiger partial charge is 0.327 e. The van der Waals surface area contributed by atoms with Crippen LogP contribution < -0.4 is 0 Å². The van der Waals surface area contributed by atoms with Crippen molar-refractivity contribution in [1.82, 2.24) is 3.71 Å². The van der Waals surface area contributed by atoms with E-state index in [0.29, 0.717) is 0 Å². The molecule has 118 valence electrons. The highest BCUT2D eigenvalue weighted by molar-refractivity contribution is 8.13. The Bertz CT molecular complexity index is 432. The molecule has 1 aromatic carbocycles. The Labute approximate surface area is 144 Å². The van der Waals surface area contributed by atoms with Crippen LogP contribution >= 0.6 is 36.1 Å². The first-order chi connectivity index (χ1) is 9.85. The number of nitrogens with zero attached hydrogens (tertiary/aromatic N) is 2. The molecule has 0 N–H and O–H groups in total. The van der Waals surface area contributed by atoms with E-state index in [1.807, 2.05) is 0 Å². The van der Waals surface area contributed by atoms with Gasteiger partial charge in [0.25, 0.3) is 0 Å². The van der Waals surface area contributed by atoms with Gasteiger partial charge < -0.3 is 4.48 Å². The van der Waals surface area contributed by atoms with Gasteiger partial charge in [0.05, 0.1) is 21.1 Å². The third-order valence-electron chi connectivity index (χ3n) is 2.73. The fraction of sp³-hybridized carbons (Fsp3) is 0.562. The van der Waals surface area contributed by atoms with Crippen molar-refractivity contribution in [3.8, 4) is 0 Å². The molecule has 0 saturated heterocycles. The molecule has 0 aliphatic rings. The van der Waals surface area contributed by atoms with Crippen molar-refractivity contribution in [2.45, 2.75) is 26.8 Å². The summed E-state index contributed by atoms with van der Waals surface area (Å²) in [4.78, 5) is 1.01. The number of quaternary nitrogens is 1. The van der Waals surface area contributed by atoms with Gasteiger partial charge >= 0.3 is 0 Å². The second kappa shape index (κ2) is 9.03. The number of rotatable bonds is 8. The first-order valence-corrected chi connectivity index (χ1v) is 9.62. The average Bonchev–Trinajstić information content (AvgIpc) is 2.39. The summed E-state index contributed by atoms with van der Waals surface area (Å²) in [6, 6.07) is 8.88. The van der Waals surface area contributed by atoms with Gasteiger partial charge in [-0.2, -0.15) is 0 Å². The van der Waals surface area contributed by atoms with Gasteiger partial charge in [0.2, 0.25) is 0 Å². The second-order valence-electron chi connectivity index (χ2n) is 5.93. The van der Waals surface area contributed by atoms with Crippen LogP contribution in [0.5, 0.6) is 0 Å². The maximum absolute atomic E-state index is 5.59. The van der Waals surface area contributed by atoms with Gasteiger partial charge in [-0.15, -0.1) is 0 Å². The van der Waals surface area contributed by atoms with Crippen molar-refractivity contribution in [3.05, 3.63) is 35.4 Å². The molecule has 0 saturated carbocycles. The third kappa shape index (κ3) is 7.54. The normalized spacial score (nSPS) is 11.5. The monoisotopic (exact) mass is 343 g/mol. The van der Waals surface area contributed by atoms with Crippen LogP contribution in [0.3, 0.4) is 0 Å². The van der Waals surface area contributed by atoms with E-state index in [4.69, 9.17) is 12.2 Å². The molecule has 0 radical (unpaired) electrons. The maximum atomic E-state index is 5.59. The van der Waals surface area contributed by atoms with Crippen LogP contribution in [-0.4, -0.2) is 45.8 Å². The van der Waals surface area contributed by atoms with Crippen LogP contribution in [0.25, 0.3) is 0 Å². The van der Waals surface area contributed by atoms with Crippen LogP contribution in [-0.2, 0) is 13.0 Å². The molecule has 21 heavy (non-hydrogen) atoms. The summed E-state index contributed by atoms with van der Waals surface area (Å²) >= 11 is 9.17. The molecule has 0 aliphatic heterocycles. The first-order valence-electron chi connectivity index (χ1n) is 7.32. The Hall–Kier alpha value is -0.230. The van der Waals surface area contributed by atoms with Gasteiger partial charge in [-0.05, 0) is 29.5 Å². The van der Waals surface area contributed by atoms with Gasteiger partial charge in [-0.1, -0.05) is 50.3 Å². The number of hydrogen-bond donors (Lipinski definition) is 0. The molecule has 0 atom stereocenters. The van der Waals surface area contributed by atoms with Gasteiger partial charge in [-0.25, -0.2) is 0 Å². The second-order valence-corrected chi connectivity index (χ2v) is 9.03. The summed E-state index contributed by atoms with van der Waals surface area (Å²) < 4.78 is 3.14. The summed E-state index contributed by atoms with van der Waals surface area (Å²) in [5.41, 5.74) is 2.67. The summed E-state index contributed by atoms with van der Waals surface area (Å²) in [5, 5.41) is 0. The molecule has 1 aromatic rings. The highest BCUT2D eigenvalue weighted by atomic mass is 32.2. The SMILES string of the molecule is CCSN(SCC)C(=S)Cc1ccc(C[N+](C)(C)C)cc1. The van der Waals surface area contributed by atoms with Crippen LogP contribution in [0.1, 0.15) is 25.0 Å². The molecule has 1 rings (SSSR count). The Balaban J connectivity index is 2.63. The van der Waals surface area contributed by atoms with Crippen molar-refractivity contribution in [2.75, 3.05) is 32.6 Å². The lowest BCUT2D eigenvalue weighted by molar-refractivity contribution is -0.884. The van der Waals surface area contributed by atoms with Gasteiger partial charge in [0, 0.05) is 23.5 Å². The van der Waals surface area contributed by atoms with E-state index >= 15 is 0 Å². The molecule has 2 nitrogen and oxygen atoms in total. The minimum absolute atomic E-state index is 0.847. The van der Waals surface area contributed by atoms with E-state index in [0.717, 1.165) is 33.9 Å². The van der Waals surface area contributed by atoms with E-state index in [-0.39, 0.29) is 0 Å². The Morgan fingerprint density at radius 1 is 1.00 bits per heavy atom. The molecular weight excluding hydrogens is 316 g/mol. The van der Waals surface area contributed by atoms with E-state index in [1.54, 1.807) is 23.9 Å². The Morgan fingerprint density at radius 3 is 1.90 bits per heavy atom. The van der Waals surface area contributed by atoms with Crippen molar-refractivity contribution in [1.29, 1.82) is 0 Å². The molecule has 0 heterocycles. The van der Waals surface area contributed by atoms with Crippen LogP contribution in [0, 0.1) is 0 Å². The lowest BCUT2D eigenvalue weighted by Crippen LogP contribution is -2.33. The predicted molar refractivity (Wildman–Crippen MR) is 103 cm³/mol. The minimum atomic E-state index is 0.847. The van der Waals surface area contributed by atoms with E-state index in [9.17, 15) is 0 Å². The van der Waals surface area contributed by atoms with Gasteiger partial charge in [-0.3, -0.25) is 3.71 Å². The molecule has 0 amide bonds. The molecule has 0 unspecified atom stereocenters. The first kappa shape index (κ1) is 18.8. The zero-order chi connectivity index (χ0) is 15.9. The van der Waals surface area contributed by atoms with Crippen LogP contribution in [0.2, 0.25) is 0 Å². The zero-order valence-electron chi connectivity index (χ0n) is 13.8. The topological polar surface area (TPSA) is 3.24 Å². The quantitative estimate of drug-likeness (QED) is 0.391. The van der Waals surface area contributed by atoms with Gasteiger partial charge in [0.15, 0.2) is 0 Å². The minimum Gasteiger partial charge on any atom is -0.327 e. The molecule has 0 spiro atoms. The van der Waals surface area contributed by atoms with Crippen molar-refractivity contribution < 1.29 is 4.48 Å². The van der Waals surface area contributed by atoms with Crippen LogP contribution in [0.15, 0.2) is 24.3 Å². The lowest BCUT2D eigenvalue weighted by atomic mass is 10.1. The highest BCUT2D eigenvalue weighted by Crippen LogP contribution is 2.24. The fourth-order valence-corrected chi connectivity index (χ4v) is 4.26. The van der Waals surface area contributed by atoms with Gasteiger partial charge in [0.1, 0.15) is 11.5 Å². The Kier molecular flexibility index (Phi) is 8.09. The highest BCUT2D eigenvalue weighted by Gasteiger charge is 2.12. The predicted octanol–water partition coefficient (Wildman–Crippen LogP) is 4.40. The molecule has 0 aliphatic carbocycles. The van der Waals surface area contributed by atoms with E-state index < -0.39 is 0 Å². The summed E-state index contributed by atoms with van der Waals surface area (Å²) in [5.74, 6) is 2.10. The van der Waals surface area contributed by atoms with E-state index in [1.165, 1.54) is 11.1 Å². The standard InChI is InChI=1S/C16H27N2S3/c1-6-20-17(21-7-2)16(19)12-14-8-10-15(11-9-14)13-18(3,4)5/h8-11H,6-7,12-13H2,1-5H3/q+1. The number of hydrogen-bond acceptors (Lipinski definition) is 3. The molecular formula is C16H27N2S3+. The number of benzene rings is 1. The molecule has 0 bridgehead atoms. The third-order valence-corrected chi connectivity index (χ3v) is 5.35. The van der Waals surface area contributed by atoms with E-state index in [2.05, 4.69) is 63.0 Å². The number of thiocarbonyl (C=S) groups is 1. The summed E-state index contributed by atoms with van der Waals surface area (Å²) in [6.07, 6.45) is 0.847.